The van der Waals surface area contributed by atoms with Crippen LogP contribution < -0.4 is 0 Å². The Morgan fingerprint density at radius 3 is 3.00 bits per heavy atom. The van der Waals surface area contributed by atoms with Crippen molar-refractivity contribution in [2.24, 2.45) is 7.05 Å². The summed E-state index contributed by atoms with van der Waals surface area (Å²) in [5.41, 5.74) is 3.59. The Kier molecular flexibility index (Phi) is 4.31. The fraction of sp³-hybridized carbons (Fsp3) is 0.500. The Morgan fingerprint density at radius 2 is 2.24 bits per heavy atom. The standard InChI is InChI=1S/C16H22N4O/c1-3-21-11-15-16-14(18-12-19(16)2)7-9-20(15)10-13-6-4-5-8-17-13/h4-6,8,12,15H,3,7,9-11H2,1-2H3/t15-/m1/s1. The quantitative estimate of drug-likeness (QED) is 0.842. The van der Waals surface area contributed by atoms with Gasteiger partial charge in [0.05, 0.1) is 36.1 Å². The minimum Gasteiger partial charge on any atom is -0.380 e. The molecule has 0 amide bonds. The smallest absolute Gasteiger partial charge is 0.0949 e. The highest BCUT2D eigenvalue weighted by molar-refractivity contribution is 5.22. The summed E-state index contributed by atoms with van der Waals surface area (Å²) in [4.78, 5) is 11.4. The highest BCUT2D eigenvalue weighted by Crippen LogP contribution is 2.30. The molecule has 5 heteroatoms. The number of pyridine rings is 1. The van der Waals surface area contributed by atoms with Gasteiger partial charge in [0.2, 0.25) is 0 Å². The third-order valence-electron chi connectivity index (χ3n) is 4.03. The van der Waals surface area contributed by atoms with Crippen LogP contribution in [0.2, 0.25) is 0 Å². The summed E-state index contributed by atoms with van der Waals surface area (Å²) >= 11 is 0. The molecule has 2 aromatic rings. The average Bonchev–Trinajstić information content (AvgIpc) is 2.89. The average molecular weight is 286 g/mol. The first kappa shape index (κ1) is 14.2. The molecule has 1 aliphatic heterocycles. The molecular formula is C16H22N4O. The summed E-state index contributed by atoms with van der Waals surface area (Å²) in [5, 5.41) is 0. The molecule has 0 aromatic carbocycles. The summed E-state index contributed by atoms with van der Waals surface area (Å²) in [5.74, 6) is 0. The maximum atomic E-state index is 5.72. The second-order valence-electron chi connectivity index (χ2n) is 5.40. The van der Waals surface area contributed by atoms with Crippen molar-refractivity contribution < 1.29 is 4.74 Å². The molecule has 0 unspecified atom stereocenters. The van der Waals surface area contributed by atoms with Crippen LogP contribution in [0.3, 0.4) is 0 Å². The second-order valence-corrected chi connectivity index (χ2v) is 5.40. The third-order valence-corrected chi connectivity index (χ3v) is 4.03. The number of aromatic nitrogens is 3. The van der Waals surface area contributed by atoms with Gasteiger partial charge in [-0.3, -0.25) is 9.88 Å². The molecule has 0 saturated carbocycles. The van der Waals surface area contributed by atoms with Crippen molar-refractivity contribution in [3.63, 3.8) is 0 Å². The SMILES string of the molecule is CCOC[C@@H]1c2c(ncn2C)CCN1Cc1ccccn1. The van der Waals surface area contributed by atoms with E-state index in [-0.39, 0.29) is 6.04 Å². The minimum atomic E-state index is 0.253. The summed E-state index contributed by atoms with van der Waals surface area (Å²) in [6, 6.07) is 6.33. The topological polar surface area (TPSA) is 43.2 Å². The Hall–Kier alpha value is -1.72. The number of nitrogens with zero attached hydrogens (tertiary/aromatic N) is 4. The van der Waals surface area contributed by atoms with Gasteiger partial charge < -0.3 is 9.30 Å². The zero-order valence-electron chi connectivity index (χ0n) is 12.7. The number of rotatable bonds is 5. The van der Waals surface area contributed by atoms with Crippen LogP contribution in [0, 0.1) is 0 Å². The van der Waals surface area contributed by atoms with Crippen LogP contribution in [0.1, 0.15) is 30.0 Å². The third kappa shape index (κ3) is 2.99. The van der Waals surface area contributed by atoms with Gasteiger partial charge in [0.15, 0.2) is 0 Å². The Bertz CT molecular complexity index is 581. The van der Waals surface area contributed by atoms with Gasteiger partial charge in [-0.05, 0) is 19.1 Å². The molecule has 0 N–H and O–H groups in total. The van der Waals surface area contributed by atoms with E-state index in [1.54, 1.807) is 0 Å². The number of ether oxygens (including phenoxy) is 1. The molecule has 1 aliphatic rings. The lowest BCUT2D eigenvalue weighted by molar-refractivity contribution is 0.0513. The van der Waals surface area contributed by atoms with Gasteiger partial charge in [-0.25, -0.2) is 4.98 Å². The highest BCUT2D eigenvalue weighted by atomic mass is 16.5. The fourth-order valence-electron chi connectivity index (χ4n) is 2.99. The molecule has 21 heavy (non-hydrogen) atoms. The van der Waals surface area contributed by atoms with E-state index < -0.39 is 0 Å². The van der Waals surface area contributed by atoms with Gasteiger partial charge in [-0.1, -0.05) is 6.07 Å². The predicted octanol–water partition coefficient (Wildman–Crippen LogP) is 1.95. The van der Waals surface area contributed by atoms with Gasteiger partial charge in [-0.2, -0.15) is 0 Å². The molecule has 0 fully saturated rings. The summed E-state index contributed by atoms with van der Waals surface area (Å²) in [7, 11) is 2.06. The number of aryl methyl sites for hydroxylation is 1. The van der Waals surface area contributed by atoms with Crippen LogP contribution in [-0.2, 0) is 24.8 Å². The van der Waals surface area contributed by atoms with Gasteiger partial charge in [-0.15, -0.1) is 0 Å². The van der Waals surface area contributed by atoms with Crippen LogP contribution in [0.5, 0.6) is 0 Å². The predicted molar refractivity (Wildman–Crippen MR) is 80.8 cm³/mol. The molecule has 3 rings (SSSR count). The van der Waals surface area contributed by atoms with E-state index in [4.69, 9.17) is 4.74 Å². The molecule has 0 spiro atoms. The normalized spacial score (nSPS) is 18.7. The molecule has 5 nitrogen and oxygen atoms in total. The van der Waals surface area contributed by atoms with Gasteiger partial charge in [0, 0.05) is 39.4 Å². The minimum absolute atomic E-state index is 0.253. The fourth-order valence-corrected chi connectivity index (χ4v) is 2.99. The summed E-state index contributed by atoms with van der Waals surface area (Å²) in [6.07, 6.45) is 4.76. The van der Waals surface area contributed by atoms with Crippen LogP contribution >= 0.6 is 0 Å². The maximum Gasteiger partial charge on any atom is 0.0949 e. The molecule has 112 valence electrons. The Labute approximate surface area is 125 Å². The number of hydrogen-bond acceptors (Lipinski definition) is 4. The zero-order valence-corrected chi connectivity index (χ0v) is 12.7. The van der Waals surface area contributed by atoms with Crippen LogP contribution in [0.15, 0.2) is 30.7 Å². The maximum absolute atomic E-state index is 5.72. The van der Waals surface area contributed by atoms with Crippen molar-refractivity contribution in [2.45, 2.75) is 25.9 Å². The van der Waals surface area contributed by atoms with Crippen molar-refractivity contribution in [3.8, 4) is 0 Å². The summed E-state index contributed by atoms with van der Waals surface area (Å²) in [6.45, 7) is 5.33. The lowest BCUT2D eigenvalue weighted by atomic mass is 10.0. The van der Waals surface area contributed by atoms with E-state index in [9.17, 15) is 0 Å². The van der Waals surface area contributed by atoms with Crippen LogP contribution in [0.4, 0.5) is 0 Å². The lowest BCUT2D eigenvalue weighted by Crippen LogP contribution is -2.38. The Balaban J connectivity index is 1.84. The van der Waals surface area contributed by atoms with Crippen molar-refractivity contribution in [1.82, 2.24) is 19.4 Å². The number of hydrogen-bond donors (Lipinski definition) is 0. The molecular weight excluding hydrogens is 264 g/mol. The zero-order chi connectivity index (χ0) is 14.7. The van der Waals surface area contributed by atoms with E-state index in [1.165, 1.54) is 11.4 Å². The molecule has 0 aliphatic carbocycles. The van der Waals surface area contributed by atoms with Gasteiger partial charge in [0.25, 0.3) is 0 Å². The van der Waals surface area contributed by atoms with E-state index in [1.807, 2.05) is 31.6 Å². The van der Waals surface area contributed by atoms with Gasteiger partial charge in [0.1, 0.15) is 0 Å². The van der Waals surface area contributed by atoms with Crippen LogP contribution in [0.25, 0.3) is 0 Å². The summed E-state index contributed by atoms with van der Waals surface area (Å²) < 4.78 is 7.85. The largest absolute Gasteiger partial charge is 0.380 e. The van der Waals surface area contributed by atoms with Gasteiger partial charge >= 0.3 is 0 Å². The van der Waals surface area contributed by atoms with E-state index >= 15 is 0 Å². The van der Waals surface area contributed by atoms with Crippen LogP contribution in [-0.4, -0.2) is 39.2 Å². The first-order valence-electron chi connectivity index (χ1n) is 7.51. The Morgan fingerprint density at radius 1 is 1.33 bits per heavy atom. The molecule has 1 atom stereocenters. The van der Waals surface area contributed by atoms with E-state index in [0.29, 0.717) is 6.61 Å². The monoisotopic (exact) mass is 286 g/mol. The lowest BCUT2D eigenvalue weighted by Gasteiger charge is -2.35. The first-order chi connectivity index (χ1) is 10.3. The van der Waals surface area contributed by atoms with Crippen molar-refractivity contribution in [2.75, 3.05) is 19.8 Å². The molecule has 0 bridgehead atoms. The molecule has 0 saturated heterocycles. The van der Waals surface area contributed by atoms with Crippen molar-refractivity contribution in [1.29, 1.82) is 0 Å². The highest BCUT2D eigenvalue weighted by Gasteiger charge is 2.30. The van der Waals surface area contributed by atoms with E-state index in [2.05, 4.69) is 32.5 Å². The number of imidazole rings is 1. The molecule has 3 heterocycles. The van der Waals surface area contributed by atoms with E-state index in [0.717, 1.165) is 31.8 Å². The van der Waals surface area contributed by atoms with Crippen molar-refractivity contribution >= 4 is 0 Å². The molecule has 0 radical (unpaired) electrons. The second kappa shape index (κ2) is 6.37. The molecule has 2 aromatic heterocycles. The number of fused-ring (bicyclic) bond motifs is 1. The first-order valence-corrected chi connectivity index (χ1v) is 7.51. The van der Waals surface area contributed by atoms with Crippen molar-refractivity contribution in [3.05, 3.63) is 47.8 Å².